The van der Waals surface area contributed by atoms with Crippen molar-refractivity contribution in [2.75, 3.05) is 23.4 Å². The molecule has 1 aliphatic heterocycles. The molecule has 1 saturated heterocycles. The summed E-state index contributed by atoms with van der Waals surface area (Å²) >= 11 is 0. The molecule has 0 unspecified atom stereocenters. The highest BCUT2D eigenvalue weighted by Crippen LogP contribution is 2.17. The smallest absolute Gasteiger partial charge is 0.334 e. The van der Waals surface area contributed by atoms with Gasteiger partial charge in [-0.15, -0.1) is 0 Å². The van der Waals surface area contributed by atoms with Gasteiger partial charge >= 0.3 is 6.03 Å². The van der Waals surface area contributed by atoms with E-state index in [4.69, 9.17) is 0 Å². The summed E-state index contributed by atoms with van der Waals surface area (Å²) < 4.78 is 1.61. The Balaban J connectivity index is 1.34. The molecule has 3 aromatic rings. The van der Waals surface area contributed by atoms with Crippen LogP contribution in [0.5, 0.6) is 0 Å². The number of nitrogens with zero attached hydrogens (tertiary/aromatic N) is 4. The fourth-order valence-electron chi connectivity index (χ4n) is 3.03. The molecule has 0 radical (unpaired) electrons. The number of aromatic nitrogens is 3. The molecule has 25 heavy (non-hydrogen) atoms. The number of hydrogen-bond acceptors (Lipinski definition) is 4. The second-order valence-electron chi connectivity index (χ2n) is 6.12. The standard InChI is InChI=1S/C18H20N6O/c25-18(22-24-13-21-15-5-1-2-6-16(15)24)20-12-14-7-8-17(19-11-14)23-9-3-4-10-23/h1-2,5-8,11,13H,3-4,9-10,12H2,(H2,20,22,25). The molecule has 4 rings (SSSR count). The first kappa shape index (κ1) is 15.4. The van der Waals surface area contributed by atoms with Crippen molar-refractivity contribution in [1.82, 2.24) is 20.0 Å². The van der Waals surface area contributed by atoms with Crippen molar-refractivity contribution in [1.29, 1.82) is 0 Å². The van der Waals surface area contributed by atoms with Crippen molar-refractivity contribution in [3.63, 3.8) is 0 Å². The lowest BCUT2D eigenvalue weighted by molar-refractivity contribution is 0.249. The number of carbonyl (C=O) groups excluding carboxylic acids is 1. The van der Waals surface area contributed by atoms with E-state index in [9.17, 15) is 4.79 Å². The summed E-state index contributed by atoms with van der Waals surface area (Å²) in [5.41, 5.74) is 5.43. The van der Waals surface area contributed by atoms with Gasteiger partial charge in [-0.05, 0) is 36.6 Å². The number of pyridine rings is 1. The van der Waals surface area contributed by atoms with Crippen molar-refractivity contribution in [2.45, 2.75) is 19.4 Å². The quantitative estimate of drug-likeness (QED) is 0.767. The van der Waals surface area contributed by atoms with E-state index in [0.29, 0.717) is 6.54 Å². The van der Waals surface area contributed by atoms with Gasteiger partial charge in [-0.3, -0.25) is 0 Å². The molecule has 1 fully saturated rings. The van der Waals surface area contributed by atoms with E-state index in [0.717, 1.165) is 35.5 Å². The zero-order valence-corrected chi connectivity index (χ0v) is 13.9. The number of para-hydroxylation sites is 2. The van der Waals surface area contributed by atoms with E-state index >= 15 is 0 Å². The van der Waals surface area contributed by atoms with Gasteiger partial charge in [0.15, 0.2) is 0 Å². The van der Waals surface area contributed by atoms with Crippen molar-refractivity contribution in [3.8, 4) is 0 Å². The first-order valence-electron chi connectivity index (χ1n) is 8.46. The zero-order valence-electron chi connectivity index (χ0n) is 13.9. The molecular formula is C18H20N6O. The number of urea groups is 1. The minimum Gasteiger partial charge on any atom is -0.357 e. The first-order chi connectivity index (χ1) is 12.3. The van der Waals surface area contributed by atoms with Crippen LogP contribution in [0.2, 0.25) is 0 Å². The number of anilines is 1. The zero-order chi connectivity index (χ0) is 17.1. The second-order valence-corrected chi connectivity index (χ2v) is 6.12. The predicted octanol–water partition coefficient (Wildman–Crippen LogP) is 2.48. The summed E-state index contributed by atoms with van der Waals surface area (Å²) in [4.78, 5) is 23.1. The summed E-state index contributed by atoms with van der Waals surface area (Å²) in [5, 5.41) is 2.84. The third-order valence-electron chi connectivity index (χ3n) is 4.37. The minimum atomic E-state index is -0.285. The van der Waals surface area contributed by atoms with Crippen LogP contribution in [0.4, 0.5) is 10.6 Å². The molecule has 128 valence electrons. The molecule has 3 heterocycles. The third kappa shape index (κ3) is 3.40. The highest BCUT2D eigenvalue weighted by Gasteiger charge is 2.13. The van der Waals surface area contributed by atoms with E-state index in [-0.39, 0.29) is 6.03 Å². The molecule has 0 atom stereocenters. The highest BCUT2D eigenvalue weighted by atomic mass is 16.2. The van der Waals surface area contributed by atoms with Gasteiger partial charge in [0.25, 0.3) is 0 Å². The Morgan fingerprint density at radius 2 is 1.92 bits per heavy atom. The molecule has 0 saturated carbocycles. The second kappa shape index (κ2) is 6.80. The molecule has 0 bridgehead atoms. The van der Waals surface area contributed by atoms with Crippen LogP contribution in [0.3, 0.4) is 0 Å². The van der Waals surface area contributed by atoms with E-state index in [1.165, 1.54) is 12.8 Å². The SMILES string of the molecule is O=C(NCc1ccc(N2CCCC2)nc1)Nn1cnc2ccccc21. The van der Waals surface area contributed by atoms with Gasteiger partial charge in [0.1, 0.15) is 12.1 Å². The molecule has 0 spiro atoms. The van der Waals surface area contributed by atoms with Gasteiger partial charge < -0.3 is 10.2 Å². The molecule has 7 heteroatoms. The van der Waals surface area contributed by atoms with E-state index in [1.807, 2.05) is 42.6 Å². The van der Waals surface area contributed by atoms with Crippen molar-refractivity contribution < 1.29 is 4.79 Å². The summed E-state index contributed by atoms with van der Waals surface area (Å²) in [6.45, 7) is 2.57. The topological polar surface area (TPSA) is 75.1 Å². The normalized spacial score (nSPS) is 14.0. The van der Waals surface area contributed by atoms with Crippen molar-refractivity contribution in [2.24, 2.45) is 0 Å². The number of amides is 2. The molecule has 0 aliphatic carbocycles. The van der Waals surface area contributed by atoms with Crippen LogP contribution in [-0.4, -0.2) is 33.8 Å². The number of hydrogen-bond donors (Lipinski definition) is 2. The lowest BCUT2D eigenvalue weighted by Gasteiger charge is -2.16. The number of benzene rings is 1. The van der Waals surface area contributed by atoms with Crippen LogP contribution >= 0.6 is 0 Å². The summed E-state index contributed by atoms with van der Waals surface area (Å²) in [7, 11) is 0. The monoisotopic (exact) mass is 336 g/mol. The Bertz CT molecular complexity index is 867. The van der Waals surface area contributed by atoms with Gasteiger partial charge in [0.05, 0.1) is 11.0 Å². The maximum atomic E-state index is 12.1. The third-order valence-corrected chi connectivity index (χ3v) is 4.37. The van der Waals surface area contributed by atoms with Gasteiger partial charge in [0, 0.05) is 25.8 Å². The molecule has 2 N–H and O–H groups in total. The van der Waals surface area contributed by atoms with E-state index < -0.39 is 0 Å². The lowest BCUT2D eigenvalue weighted by atomic mass is 10.3. The fourth-order valence-corrected chi connectivity index (χ4v) is 3.03. The molecule has 2 amide bonds. The maximum absolute atomic E-state index is 12.1. The molecular weight excluding hydrogens is 316 g/mol. The van der Waals surface area contributed by atoms with Crippen LogP contribution in [-0.2, 0) is 6.54 Å². The van der Waals surface area contributed by atoms with Crippen LogP contribution in [0.1, 0.15) is 18.4 Å². The van der Waals surface area contributed by atoms with Crippen molar-refractivity contribution >= 4 is 22.9 Å². The predicted molar refractivity (Wildman–Crippen MR) is 97.0 cm³/mol. The Hall–Kier alpha value is -3.09. The molecule has 1 aromatic carbocycles. The van der Waals surface area contributed by atoms with Crippen LogP contribution in [0, 0.1) is 0 Å². The van der Waals surface area contributed by atoms with Crippen LogP contribution in [0.25, 0.3) is 11.0 Å². The van der Waals surface area contributed by atoms with Crippen molar-refractivity contribution in [3.05, 3.63) is 54.5 Å². The highest BCUT2D eigenvalue weighted by molar-refractivity contribution is 5.85. The van der Waals surface area contributed by atoms with Gasteiger partial charge in [-0.2, -0.15) is 0 Å². The number of imidazole rings is 1. The lowest BCUT2D eigenvalue weighted by Crippen LogP contribution is -2.33. The average Bonchev–Trinajstić information content (AvgIpc) is 3.31. The van der Waals surface area contributed by atoms with Crippen LogP contribution in [0.15, 0.2) is 48.9 Å². The van der Waals surface area contributed by atoms with E-state index in [1.54, 1.807) is 11.0 Å². The molecule has 1 aliphatic rings. The summed E-state index contributed by atoms with van der Waals surface area (Å²) in [6.07, 6.45) is 5.87. The van der Waals surface area contributed by atoms with Gasteiger partial charge in [0.2, 0.25) is 0 Å². The fraction of sp³-hybridized carbons (Fsp3) is 0.278. The number of carbonyl (C=O) groups is 1. The Labute approximate surface area is 145 Å². The maximum Gasteiger partial charge on any atom is 0.334 e. The van der Waals surface area contributed by atoms with Gasteiger partial charge in [-0.1, -0.05) is 18.2 Å². The Kier molecular flexibility index (Phi) is 4.20. The van der Waals surface area contributed by atoms with Crippen LogP contribution < -0.4 is 15.6 Å². The molecule has 2 aromatic heterocycles. The minimum absolute atomic E-state index is 0.285. The average molecular weight is 336 g/mol. The number of fused-ring (bicyclic) bond motifs is 1. The number of nitrogens with one attached hydrogen (secondary N) is 2. The Morgan fingerprint density at radius 3 is 2.72 bits per heavy atom. The molecule has 7 nitrogen and oxygen atoms in total. The first-order valence-corrected chi connectivity index (χ1v) is 8.46. The summed E-state index contributed by atoms with van der Waals surface area (Å²) in [5.74, 6) is 1.01. The largest absolute Gasteiger partial charge is 0.357 e. The van der Waals surface area contributed by atoms with E-state index in [2.05, 4.69) is 25.6 Å². The Morgan fingerprint density at radius 1 is 1.08 bits per heavy atom. The number of rotatable bonds is 4. The summed E-state index contributed by atoms with van der Waals surface area (Å²) in [6, 6.07) is 11.4. The van der Waals surface area contributed by atoms with Gasteiger partial charge in [-0.25, -0.2) is 24.9 Å².